The molecule has 1 aliphatic carbocycles. The molecular formula is C20H23F3N2O2. The lowest BCUT2D eigenvalue weighted by Gasteiger charge is -2.18. The molecule has 1 aromatic heterocycles. The van der Waals surface area contributed by atoms with Crippen LogP contribution in [0, 0.1) is 5.41 Å². The molecule has 1 heterocycles. The Labute approximate surface area is 156 Å². The predicted octanol–water partition coefficient (Wildman–Crippen LogP) is 5.61. The highest BCUT2D eigenvalue weighted by Crippen LogP contribution is 2.38. The second-order valence-electron chi connectivity index (χ2n) is 8.23. The highest BCUT2D eigenvalue weighted by atomic mass is 19.4. The van der Waals surface area contributed by atoms with Gasteiger partial charge in [0.25, 0.3) is 0 Å². The standard InChI is InChI=1S/C20H23F3N2O2/c1-19(2,3)11-17(26)24-14-9-12(8-13(10-14)20(21,22)23)18-15-6-4-5-7-16(15)25-27-18/h8-10H,4-7,11H2,1-3H3,(H,24,26). The molecule has 1 N–H and O–H groups in total. The SMILES string of the molecule is CC(C)(C)CC(=O)Nc1cc(-c2onc3c2CCCC3)cc(C(F)(F)F)c1. The topological polar surface area (TPSA) is 55.1 Å². The number of hydrogen-bond acceptors (Lipinski definition) is 3. The Morgan fingerprint density at radius 2 is 1.85 bits per heavy atom. The summed E-state index contributed by atoms with van der Waals surface area (Å²) in [6.45, 7) is 5.68. The summed E-state index contributed by atoms with van der Waals surface area (Å²) in [4.78, 5) is 12.2. The van der Waals surface area contributed by atoms with Gasteiger partial charge in [-0.3, -0.25) is 4.79 Å². The van der Waals surface area contributed by atoms with Crippen LogP contribution in [0.2, 0.25) is 0 Å². The summed E-state index contributed by atoms with van der Waals surface area (Å²) < 4.78 is 45.5. The fourth-order valence-corrected chi connectivity index (χ4v) is 3.30. The molecule has 7 heteroatoms. The average molecular weight is 380 g/mol. The quantitative estimate of drug-likeness (QED) is 0.752. The largest absolute Gasteiger partial charge is 0.416 e. The number of anilines is 1. The molecule has 0 atom stereocenters. The normalized spacial score (nSPS) is 14.7. The Hall–Kier alpha value is -2.31. The van der Waals surface area contributed by atoms with E-state index in [2.05, 4.69) is 10.5 Å². The van der Waals surface area contributed by atoms with Gasteiger partial charge >= 0.3 is 6.18 Å². The van der Waals surface area contributed by atoms with E-state index >= 15 is 0 Å². The van der Waals surface area contributed by atoms with Crippen molar-refractivity contribution >= 4 is 11.6 Å². The lowest BCUT2D eigenvalue weighted by molar-refractivity contribution is -0.137. The van der Waals surface area contributed by atoms with Gasteiger partial charge in [-0.2, -0.15) is 13.2 Å². The average Bonchev–Trinajstić information content (AvgIpc) is 2.95. The summed E-state index contributed by atoms with van der Waals surface area (Å²) in [6.07, 6.45) is -0.871. The van der Waals surface area contributed by atoms with Gasteiger partial charge in [-0.25, -0.2) is 0 Å². The van der Waals surface area contributed by atoms with E-state index in [0.717, 1.165) is 49.1 Å². The third kappa shape index (κ3) is 4.70. The van der Waals surface area contributed by atoms with Crippen molar-refractivity contribution in [1.29, 1.82) is 0 Å². The van der Waals surface area contributed by atoms with Crippen molar-refractivity contribution in [2.75, 3.05) is 5.32 Å². The molecule has 146 valence electrons. The molecule has 0 fully saturated rings. The number of hydrogen-bond donors (Lipinski definition) is 1. The van der Waals surface area contributed by atoms with Crippen LogP contribution in [0.4, 0.5) is 18.9 Å². The highest BCUT2D eigenvalue weighted by Gasteiger charge is 2.32. The molecule has 0 spiro atoms. The number of fused-ring (bicyclic) bond motifs is 1. The minimum atomic E-state index is -4.53. The van der Waals surface area contributed by atoms with Crippen LogP contribution in [0.25, 0.3) is 11.3 Å². The van der Waals surface area contributed by atoms with E-state index < -0.39 is 11.7 Å². The molecule has 0 radical (unpaired) electrons. The third-order valence-corrected chi connectivity index (χ3v) is 4.46. The van der Waals surface area contributed by atoms with Crippen molar-refractivity contribution in [1.82, 2.24) is 5.16 Å². The van der Waals surface area contributed by atoms with Gasteiger partial charge < -0.3 is 9.84 Å². The Balaban J connectivity index is 1.99. The monoisotopic (exact) mass is 380 g/mol. The van der Waals surface area contributed by atoms with Gasteiger partial charge in [0, 0.05) is 23.2 Å². The molecule has 1 aromatic carbocycles. The first-order chi connectivity index (χ1) is 12.5. The summed E-state index contributed by atoms with van der Waals surface area (Å²) in [6, 6.07) is 3.52. The van der Waals surface area contributed by atoms with Crippen LogP contribution >= 0.6 is 0 Å². The molecule has 0 saturated heterocycles. The van der Waals surface area contributed by atoms with Gasteiger partial charge in [-0.15, -0.1) is 0 Å². The van der Waals surface area contributed by atoms with Crippen molar-refractivity contribution in [3.63, 3.8) is 0 Å². The number of benzene rings is 1. The molecule has 1 amide bonds. The highest BCUT2D eigenvalue weighted by molar-refractivity contribution is 5.92. The zero-order valence-corrected chi connectivity index (χ0v) is 15.7. The van der Waals surface area contributed by atoms with Crippen LogP contribution in [0.5, 0.6) is 0 Å². The van der Waals surface area contributed by atoms with Gasteiger partial charge in [0.1, 0.15) is 0 Å². The number of amides is 1. The van der Waals surface area contributed by atoms with Gasteiger partial charge in [0.05, 0.1) is 11.3 Å². The smallest absolute Gasteiger partial charge is 0.356 e. The Morgan fingerprint density at radius 1 is 1.15 bits per heavy atom. The zero-order valence-electron chi connectivity index (χ0n) is 15.7. The molecule has 1 aliphatic rings. The van der Waals surface area contributed by atoms with E-state index in [-0.39, 0.29) is 29.0 Å². The van der Waals surface area contributed by atoms with E-state index in [4.69, 9.17) is 4.52 Å². The number of carbonyl (C=O) groups is 1. The molecule has 0 saturated carbocycles. The van der Waals surface area contributed by atoms with E-state index in [1.54, 1.807) is 0 Å². The molecule has 27 heavy (non-hydrogen) atoms. The molecular weight excluding hydrogens is 357 g/mol. The first-order valence-electron chi connectivity index (χ1n) is 9.03. The third-order valence-electron chi connectivity index (χ3n) is 4.46. The lowest BCUT2D eigenvalue weighted by Crippen LogP contribution is -2.20. The van der Waals surface area contributed by atoms with E-state index in [0.29, 0.717) is 5.76 Å². The minimum absolute atomic E-state index is 0.107. The number of nitrogens with zero attached hydrogens (tertiary/aromatic N) is 1. The van der Waals surface area contributed by atoms with Crippen LogP contribution in [-0.4, -0.2) is 11.1 Å². The second kappa shape index (κ2) is 7.02. The van der Waals surface area contributed by atoms with Gasteiger partial charge in [-0.1, -0.05) is 25.9 Å². The minimum Gasteiger partial charge on any atom is -0.356 e. The maximum atomic E-state index is 13.4. The fraction of sp³-hybridized carbons (Fsp3) is 0.500. The maximum Gasteiger partial charge on any atom is 0.416 e. The van der Waals surface area contributed by atoms with E-state index in [1.165, 1.54) is 6.07 Å². The first-order valence-corrected chi connectivity index (χ1v) is 9.03. The number of nitrogens with one attached hydrogen (secondary N) is 1. The number of aryl methyl sites for hydroxylation is 1. The van der Waals surface area contributed by atoms with Crippen molar-refractivity contribution < 1.29 is 22.5 Å². The second-order valence-corrected chi connectivity index (χ2v) is 8.23. The predicted molar refractivity (Wildman–Crippen MR) is 96.3 cm³/mol. The summed E-state index contributed by atoms with van der Waals surface area (Å²) in [5.41, 5.74) is 0.978. The molecule has 3 rings (SSSR count). The Bertz CT molecular complexity index is 848. The van der Waals surface area contributed by atoms with Gasteiger partial charge in [0.15, 0.2) is 5.76 Å². The number of rotatable bonds is 3. The van der Waals surface area contributed by atoms with Crippen molar-refractivity contribution in [3.05, 3.63) is 35.0 Å². The molecule has 2 aromatic rings. The van der Waals surface area contributed by atoms with Crippen LogP contribution in [-0.2, 0) is 23.8 Å². The molecule has 0 unspecified atom stereocenters. The molecule has 0 aliphatic heterocycles. The number of carbonyl (C=O) groups excluding carboxylic acids is 1. The van der Waals surface area contributed by atoms with Crippen LogP contribution in [0.15, 0.2) is 22.7 Å². The Morgan fingerprint density at radius 3 is 2.52 bits per heavy atom. The summed E-state index contributed by atoms with van der Waals surface area (Å²) >= 11 is 0. The van der Waals surface area contributed by atoms with Gasteiger partial charge in [0.2, 0.25) is 5.91 Å². The molecule has 0 bridgehead atoms. The maximum absolute atomic E-state index is 13.4. The number of aromatic nitrogens is 1. The number of alkyl halides is 3. The molecule has 4 nitrogen and oxygen atoms in total. The van der Waals surface area contributed by atoms with Crippen LogP contribution < -0.4 is 5.32 Å². The van der Waals surface area contributed by atoms with Crippen molar-refractivity contribution in [3.8, 4) is 11.3 Å². The van der Waals surface area contributed by atoms with Crippen LogP contribution in [0.1, 0.15) is 56.9 Å². The van der Waals surface area contributed by atoms with Crippen LogP contribution in [0.3, 0.4) is 0 Å². The van der Waals surface area contributed by atoms with Crippen molar-refractivity contribution in [2.45, 2.75) is 59.1 Å². The number of halogens is 3. The van der Waals surface area contributed by atoms with Gasteiger partial charge in [-0.05, 0) is 49.3 Å². The van der Waals surface area contributed by atoms with E-state index in [9.17, 15) is 18.0 Å². The first kappa shape index (κ1) is 19.5. The summed E-state index contributed by atoms with van der Waals surface area (Å²) in [5, 5.41) is 6.61. The summed E-state index contributed by atoms with van der Waals surface area (Å²) in [7, 11) is 0. The van der Waals surface area contributed by atoms with E-state index in [1.807, 2.05) is 20.8 Å². The fourth-order valence-electron chi connectivity index (χ4n) is 3.30. The Kier molecular flexibility index (Phi) is 5.06. The lowest BCUT2D eigenvalue weighted by atomic mass is 9.91. The zero-order chi connectivity index (χ0) is 19.8. The van der Waals surface area contributed by atoms with Crippen molar-refractivity contribution in [2.24, 2.45) is 5.41 Å². The summed E-state index contributed by atoms with van der Waals surface area (Å²) in [5.74, 6) is 0.0366.